The summed E-state index contributed by atoms with van der Waals surface area (Å²) in [6.45, 7) is 7.09. The molecule has 2 aromatic rings. The molecule has 0 saturated carbocycles. The van der Waals surface area contributed by atoms with Crippen LogP contribution in [0.4, 0.5) is 0 Å². The Morgan fingerprint density at radius 1 is 1.00 bits per heavy atom. The largest absolute Gasteiger partial charge is 0.493 e. The topological polar surface area (TPSA) is 72.1 Å². The smallest absolute Gasteiger partial charge is 0.188 e. The van der Waals surface area contributed by atoms with Crippen LogP contribution in [0.1, 0.15) is 36.5 Å². The highest BCUT2D eigenvalue weighted by atomic mass is 16.5. The summed E-state index contributed by atoms with van der Waals surface area (Å²) in [5.74, 6) is 2.80. The number of methoxy groups -OCH3 is 2. The van der Waals surface area contributed by atoms with Crippen LogP contribution in [-0.4, -0.2) is 44.7 Å². The first-order valence-electron chi connectivity index (χ1n) is 11.1. The Bertz CT molecular complexity index is 843. The number of guanidine groups is 1. The molecule has 0 spiro atoms. The third kappa shape index (κ3) is 7.17. The maximum Gasteiger partial charge on any atom is 0.188 e. The summed E-state index contributed by atoms with van der Waals surface area (Å²) >= 11 is 0. The van der Waals surface area contributed by atoms with Crippen LogP contribution in [0, 0.1) is 5.92 Å². The summed E-state index contributed by atoms with van der Waals surface area (Å²) in [7, 11) is 3.28. The SMILES string of the molecule is COc1ccc(CCNC(N)=NCc2ccc(CN3CCC(C)CC3)cc2)cc1OC. The second-order valence-electron chi connectivity index (χ2n) is 8.34. The monoisotopic (exact) mass is 424 g/mol. The standard InChI is InChI=1S/C25H36N4O2/c1-19-11-14-29(15-12-19)18-22-6-4-21(5-7-22)17-28-25(26)27-13-10-20-8-9-23(30-2)24(16-20)31-3/h4-9,16,19H,10-15,17-18H2,1-3H3,(H3,26,27,28). The van der Waals surface area contributed by atoms with Crippen LogP contribution in [0.5, 0.6) is 11.5 Å². The molecule has 0 atom stereocenters. The van der Waals surface area contributed by atoms with E-state index < -0.39 is 0 Å². The van der Waals surface area contributed by atoms with E-state index >= 15 is 0 Å². The Labute approximate surface area is 186 Å². The van der Waals surface area contributed by atoms with Gasteiger partial charge in [0.15, 0.2) is 17.5 Å². The van der Waals surface area contributed by atoms with E-state index in [1.165, 1.54) is 37.1 Å². The fourth-order valence-electron chi connectivity index (χ4n) is 3.83. The lowest BCUT2D eigenvalue weighted by molar-refractivity contribution is 0.185. The molecule has 0 unspecified atom stereocenters. The van der Waals surface area contributed by atoms with Crippen LogP contribution in [0.3, 0.4) is 0 Å². The number of aliphatic imine (C=N–C) groups is 1. The third-order valence-electron chi connectivity index (χ3n) is 5.91. The summed E-state index contributed by atoms with van der Waals surface area (Å²) in [6, 6.07) is 14.7. The van der Waals surface area contributed by atoms with Crippen molar-refractivity contribution in [2.24, 2.45) is 16.6 Å². The van der Waals surface area contributed by atoms with E-state index in [-0.39, 0.29) is 0 Å². The molecule has 168 valence electrons. The van der Waals surface area contributed by atoms with Gasteiger partial charge >= 0.3 is 0 Å². The van der Waals surface area contributed by atoms with Crippen LogP contribution in [0.2, 0.25) is 0 Å². The van der Waals surface area contributed by atoms with Gasteiger partial charge in [0.25, 0.3) is 0 Å². The van der Waals surface area contributed by atoms with E-state index in [4.69, 9.17) is 15.2 Å². The van der Waals surface area contributed by atoms with Crippen LogP contribution >= 0.6 is 0 Å². The van der Waals surface area contributed by atoms with Crippen molar-refractivity contribution in [2.75, 3.05) is 33.9 Å². The van der Waals surface area contributed by atoms with Crippen LogP contribution in [0.15, 0.2) is 47.5 Å². The number of rotatable bonds is 9. The van der Waals surface area contributed by atoms with Crippen molar-refractivity contribution in [3.8, 4) is 11.5 Å². The lowest BCUT2D eigenvalue weighted by atomic mass is 9.99. The molecule has 3 rings (SSSR count). The second kappa shape index (κ2) is 11.6. The van der Waals surface area contributed by atoms with Gasteiger partial charge < -0.3 is 20.5 Å². The zero-order valence-electron chi connectivity index (χ0n) is 19.1. The number of ether oxygens (including phenoxy) is 2. The zero-order chi connectivity index (χ0) is 22.1. The fraction of sp³-hybridized carbons (Fsp3) is 0.480. The van der Waals surface area contributed by atoms with E-state index in [0.717, 1.165) is 35.9 Å². The molecule has 1 heterocycles. The number of nitrogens with one attached hydrogen (secondary N) is 1. The molecule has 6 nitrogen and oxygen atoms in total. The van der Waals surface area contributed by atoms with E-state index in [9.17, 15) is 0 Å². The van der Waals surface area contributed by atoms with E-state index in [0.29, 0.717) is 19.0 Å². The van der Waals surface area contributed by atoms with Gasteiger partial charge in [-0.2, -0.15) is 0 Å². The molecule has 3 N–H and O–H groups in total. The Kier molecular flexibility index (Phi) is 8.59. The van der Waals surface area contributed by atoms with Crippen LogP contribution < -0.4 is 20.5 Å². The average molecular weight is 425 g/mol. The summed E-state index contributed by atoms with van der Waals surface area (Å²) in [6.07, 6.45) is 3.44. The zero-order valence-corrected chi connectivity index (χ0v) is 19.1. The normalized spacial score (nSPS) is 15.6. The van der Waals surface area contributed by atoms with Crippen molar-refractivity contribution in [3.63, 3.8) is 0 Å². The highest BCUT2D eigenvalue weighted by Crippen LogP contribution is 2.27. The quantitative estimate of drug-likeness (QED) is 0.476. The minimum Gasteiger partial charge on any atom is -0.493 e. The first-order valence-corrected chi connectivity index (χ1v) is 11.1. The molecule has 1 aliphatic heterocycles. The Morgan fingerprint density at radius 3 is 2.32 bits per heavy atom. The van der Waals surface area contributed by atoms with Crippen LogP contribution in [-0.2, 0) is 19.5 Å². The van der Waals surface area contributed by atoms with Gasteiger partial charge in [-0.25, -0.2) is 4.99 Å². The number of piperidine rings is 1. The molecular formula is C25H36N4O2. The molecule has 1 aliphatic rings. The van der Waals surface area contributed by atoms with Crippen molar-refractivity contribution in [1.82, 2.24) is 10.2 Å². The highest BCUT2D eigenvalue weighted by molar-refractivity contribution is 5.77. The van der Waals surface area contributed by atoms with Gasteiger partial charge in [-0.05, 0) is 67.1 Å². The van der Waals surface area contributed by atoms with Crippen molar-refractivity contribution in [3.05, 3.63) is 59.2 Å². The predicted molar refractivity (Wildman–Crippen MR) is 127 cm³/mol. The molecule has 6 heteroatoms. The van der Waals surface area contributed by atoms with Crippen molar-refractivity contribution < 1.29 is 9.47 Å². The molecular weight excluding hydrogens is 388 g/mol. The van der Waals surface area contributed by atoms with Gasteiger partial charge in [-0.1, -0.05) is 37.3 Å². The van der Waals surface area contributed by atoms with Crippen molar-refractivity contribution >= 4 is 5.96 Å². The molecule has 31 heavy (non-hydrogen) atoms. The molecule has 0 amide bonds. The number of nitrogens with two attached hydrogens (primary N) is 1. The maximum absolute atomic E-state index is 6.04. The predicted octanol–water partition coefficient (Wildman–Crippen LogP) is 3.58. The third-order valence-corrected chi connectivity index (χ3v) is 5.91. The lowest BCUT2D eigenvalue weighted by Gasteiger charge is -2.30. The van der Waals surface area contributed by atoms with Crippen molar-refractivity contribution in [2.45, 2.75) is 39.3 Å². The fourth-order valence-corrected chi connectivity index (χ4v) is 3.83. The Balaban J connectivity index is 1.42. The highest BCUT2D eigenvalue weighted by Gasteiger charge is 2.15. The van der Waals surface area contributed by atoms with Gasteiger partial charge in [0.05, 0.1) is 20.8 Å². The van der Waals surface area contributed by atoms with E-state index in [1.54, 1.807) is 14.2 Å². The Morgan fingerprint density at radius 2 is 1.65 bits per heavy atom. The molecule has 1 saturated heterocycles. The Hall–Kier alpha value is -2.73. The molecule has 0 bridgehead atoms. The van der Waals surface area contributed by atoms with Crippen LogP contribution in [0.25, 0.3) is 0 Å². The summed E-state index contributed by atoms with van der Waals surface area (Å²) in [4.78, 5) is 7.02. The number of nitrogens with zero attached hydrogens (tertiary/aromatic N) is 2. The number of hydrogen-bond acceptors (Lipinski definition) is 4. The summed E-state index contributed by atoms with van der Waals surface area (Å²) in [5.41, 5.74) is 9.72. The first-order chi connectivity index (χ1) is 15.1. The van der Waals surface area contributed by atoms with Gasteiger partial charge in [-0.15, -0.1) is 0 Å². The average Bonchev–Trinajstić information content (AvgIpc) is 2.80. The van der Waals surface area contributed by atoms with Gasteiger partial charge in [0, 0.05) is 13.1 Å². The first kappa shape index (κ1) is 22.9. The minimum absolute atomic E-state index is 0.465. The number of benzene rings is 2. The minimum atomic E-state index is 0.465. The van der Waals surface area contributed by atoms with Gasteiger partial charge in [0.1, 0.15) is 0 Å². The summed E-state index contributed by atoms with van der Waals surface area (Å²) in [5, 5.41) is 3.19. The molecule has 0 aliphatic carbocycles. The second-order valence-corrected chi connectivity index (χ2v) is 8.34. The lowest BCUT2D eigenvalue weighted by Crippen LogP contribution is -2.33. The van der Waals surface area contributed by atoms with Crippen molar-refractivity contribution in [1.29, 1.82) is 0 Å². The summed E-state index contributed by atoms with van der Waals surface area (Å²) < 4.78 is 10.6. The van der Waals surface area contributed by atoms with Gasteiger partial charge in [-0.3, -0.25) is 4.90 Å². The number of likely N-dealkylation sites (tertiary alicyclic amines) is 1. The van der Waals surface area contributed by atoms with E-state index in [1.807, 2.05) is 18.2 Å². The molecule has 0 aromatic heterocycles. The number of hydrogen-bond donors (Lipinski definition) is 2. The molecule has 1 fully saturated rings. The maximum atomic E-state index is 6.04. The van der Waals surface area contributed by atoms with E-state index in [2.05, 4.69) is 46.4 Å². The molecule has 2 aromatic carbocycles. The van der Waals surface area contributed by atoms with Gasteiger partial charge in [0.2, 0.25) is 0 Å². The molecule has 0 radical (unpaired) electrons.